The Morgan fingerprint density at radius 1 is 1.11 bits per heavy atom. The molecule has 1 aromatic carbocycles. The van der Waals surface area contributed by atoms with Gasteiger partial charge in [0.15, 0.2) is 0 Å². The van der Waals surface area contributed by atoms with Gasteiger partial charge in [0.25, 0.3) is 11.6 Å². The number of benzene rings is 1. The van der Waals surface area contributed by atoms with Crippen molar-refractivity contribution in [2.45, 2.75) is 32.2 Å². The van der Waals surface area contributed by atoms with Gasteiger partial charge in [-0.25, -0.2) is 4.79 Å². The topological polar surface area (TPSA) is 80.3 Å². The number of alkyl halides is 3. The Balaban J connectivity index is 2.42. The van der Waals surface area contributed by atoms with Gasteiger partial charge in [-0.15, -0.1) is 0 Å². The molecule has 0 aliphatic rings. The van der Waals surface area contributed by atoms with Gasteiger partial charge < -0.3 is 10.1 Å². The van der Waals surface area contributed by atoms with Gasteiger partial charge in [0.1, 0.15) is 0 Å². The molecular formula is C19H20F3N3O3. The maximum atomic E-state index is 14.0. The minimum Gasteiger partial charge on any atom is -0.463 e. The van der Waals surface area contributed by atoms with Gasteiger partial charge in [0, 0.05) is 18.3 Å². The second kappa shape index (κ2) is 8.83. The average molecular weight is 395 g/mol. The van der Waals surface area contributed by atoms with Crippen molar-refractivity contribution in [3.63, 3.8) is 0 Å². The lowest BCUT2D eigenvalue weighted by atomic mass is 10.1. The molecule has 0 saturated carbocycles. The lowest BCUT2D eigenvalue weighted by Gasteiger charge is -2.34. The molecule has 1 atom stereocenters. The highest BCUT2D eigenvalue weighted by Gasteiger charge is 2.63. The molecule has 1 heterocycles. The van der Waals surface area contributed by atoms with Crippen LogP contribution in [0.3, 0.4) is 0 Å². The molecule has 0 radical (unpaired) electrons. The van der Waals surface area contributed by atoms with Crippen molar-refractivity contribution >= 4 is 11.9 Å². The zero-order chi connectivity index (χ0) is 20.8. The molecule has 2 N–H and O–H groups in total. The molecular weight excluding hydrogens is 375 g/mol. The predicted molar refractivity (Wildman–Crippen MR) is 95.1 cm³/mol. The number of hydrogen-bond acceptors (Lipinski definition) is 5. The molecule has 6 nitrogen and oxygen atoms in total. The third-order valence-corrected chi connectivity index (χ3v) is 3.96. The van der Waals surface area contributed by atoms with Crippen LogP contribution in [0.2, 0.25) is 0 Å². The van der Waals surface area contributed by atoms with E-state index in [0.29, 0.717) is 5.56 Å². The Hall–Kier alpha value is -2.94. The first kappa shape index (κ1) is 21.4. The van der Waals surface area contributed by atoms with Crippen LogP contribution >= 0.6 is 0 Å². The van der Waals surface area contributed by atoms with E-state index in [-0.39, 0.29) is 17.9 Å². The van der Waals surface area contributed by atoms with Crippen LogP contribution in [0.15, 0.2) is 48.7 Å². The van der Waals surface area contributed by atoms with Gasteiger partial charge in [-0.1, -0.05) is 24.3 Å². The molecule has 0 fully saturated rings. The number of ether oxygens (including phenoxy) is 1. The summed E-state index contributed by atoms with van der Waals surface area (Å²) in [6.45, 7) is 2.24. The molecule has 0 spiro atoms. The van der Waals surface area contributed by atoms with Crippen LogP contribution in [0.25, 0.3) is 0 Å². The molecule has 9 heteroatoms. The first-order chi connectivity index (χ1) is 13.2. The van der Waals surface area contributed by atoms with Crippen LogP contribution in [-0.2, 0) is 16.1 Å². The molecule has 28 heavy (non-hydrogen) atoms. The summed E-state index contributed by atoms with van der Waals surface area (Å²) in [4.78, 5) is 28.8. The van der Waals surface area contributed by atoms with E-state index in [1.54, 1.807) is 36.5 Å². The van der Waals surface area contributed by atoms with Gasteiger partial charge in [-0.2, -0.15) is 13.2 Å². The number of carbonyl (C=O) groups is 2. The third kappa shape index (κ3) is 4.66. The van der Waals surface area contributed by atoms with Crippen LogP contribution < -0.4 is 10.6 Å². The second-order valence-electron chi connectivity index (χ2n) is 5.91. The Morgan fingerprint density at radius 2 is 1.79 bits per heavy atom. The molecule has 0 aliphatic carbocycles. The number of amides is 1. The lowest BCUT2D eigenvalue weighted by molar-refractivity contribution is -0.219. The third-order valence-electron chi connectivity index (χ3n) is 3.96. The van der Waals surface area contributed by atoms with E-state index in [4.69, 9.17) is 0 Å². The number of hydrogen-bond donors (Lipinski definition) is 2. The van der Waals surface area contributed by atoms with Crippen LogP contribution in [-0.4, -0.2) is 35.3 Å². The highest BCUT2D eigenvalue weighted by molar-refractivity contribution is 5.99. The van der Waals surface area contributed by atoms with E-state index in [0.717, 1.165) is 0 Å². The number of pyridine rings is 1. The minimum atomic E-state index is -5.17. The summed E-state index contributed by atoms with van der Waals surface area (Å²) in [5.74, 6) is -2.71. The van der Waals surface area contributed by atoms with E-state index >= 15 is 0 Å². The first-order valence-corrected chi connectivity index (χ1v) is 8.48. The smallest absolute Gasteiger partial charge is 0.436 e. The van der Waals surface area contributed by atoms with E-state index < -0.39 is 30.3 Å². The largest absolute Gasteiger partial charge is 0.463 e. The van der Waals surface area contributed by atoms with Crippen molar-refractivity contribution < 1.29 is 27.5 Å². The lowest BCUT2D eigenvalue weighted by Crippen LogP contribution is -2.72. The van der Waals surface area contributed by atoms with E-state index in [2.05, 4.69) is 15.0 Å². The number of rotatable bonds is 7. The Morgan fingerprint density at radius 3 is 2.36 bits per heavy atom. The van der Waals surface area contributed by atoms with Crippen molar-refractivity contribution in [2.24, 2.45) is 0 Å². The van der Waals surface area contributed by atoms with E-state index in [9.17, 15) is 22.8 Å². The zero-order valence-electron chi connectivity index (χ0n) is 15.3. The van der Waals surface area contributed by atoms with Crippen molar-refractivity contribution in [2.75, 3.05) is 6.61 Å². The number of carbonyl (C=O) groups excluding carboxylic acids is 2. The Labute approximate surface area is 160 Å². The van der Waals surface area contributed by atoms with Crippen LogP contribution in [0.1, 0.15) is 28.5 Å². The number of esters is 1. The van der Waals surface area contributed by atoms with Crippen molar-refractivity contribution in [3.05, 3.63) is 65.5 Å². The fraction of sp³-hybridized carbons (Fsp3) is 0.316. The average Bonchev–Trinajstić information content (AvgIpc) is 2.65. The highest BCUT2D eigenvalue weighted by atomic mass is 19.4. The van der Waals surface area contributed by atoms with E-state index in [1.165, 1.54) is 31.3 Å². The molecule has 2 rings (SSSR count). The van der Waals surface area contributed by atoms with Gasteiger partial charge in [0.2, 0.25) is 0 Å². The van der Waals surface area contributed by atoms with Crippen molar-refractivity contribution in [3.8, 4) is 0 Å². The molecule has 0 aliphatic heterocycles. The molecule has 2 aromatic rings. The second-order valence-corrected chi connectivity index (χ2v) is 5.91. The quantitative estimate of drug-likeness (QED) is 0.557. The number of aryl methyl sites for hydroxylation is 1. The van der Waals surface area contributed by atoms with Gasteiger partial charge in [-0.3, -0.25) is 15.1 Å². The summed E-state index contributed by atoms with van der Waals surface area (Å²) in [6.07, 6.45) is -3.77. The molecule has 0 saturated heterocycles. The summed E-state index contributed by atoms with van der Waals surface area (Å²) >= 11 is 0. The summed E-state index contributed by atoms with van der Waals surface area (Å²) in [5, 5.41) is 3.91. The highest BCUT2D eigenvalue weighted by Crippen LogP contribution is 2.30. The van der Waals surface area contributed by atoms with Crippen LogP contribution in [0, 0.1) is 6.92 Å². The fourth-order valence-electron chi connectivity index (χ4n) is 2.48. The normalized spacial score (nSPS) is 13.5. The number of halogens is 3. The fourth-order valence-corrected chi connectivity index (χ4v) is 2.48. The molecule has 150 valence electrons. The van der Waals surface area contributed by atoms with Gasteiger partial charge in [0.05, 0.1) is 12.3 Å². The number of nitrogens with one attached hydrogen (secondary N) is 2. The molecule has 0 bridgehead atoms. The van der Waals surface area contributed by atoms with Crippen molar-refractivity contribution in [1.29, 1.82) is 0 Å². The summed E-state index contributed by atoms with van der Waals surface area (Å²) in [5.41, 5.74) is -2.70. The Kier molecular flexibility index (Phi) is 6.74. The predicted octanol–water partition coefficient (Wildman–Crippen LogP) is 2.73. The summed E-state index contributed by atoms with van der Waals surface area (Å²) in [7, 11) is 0. The maximum absolute atomic E-state index is 14.0. The first-order valence-electron chi connectivity index (χ1n) is 8.48. The SMILES string of the molecule is CCOC(=O)C(NCc1ccccn1)(NC(=O)c1ccccc1C)C(F)(F)F. The van der Waals surface area contributed by atoms with Crippen molar-refractivity contribution in [1.82, 2.24) is 15.6 Å². The summed E-state index contributed by atoms with van der Waals surface area (Å²) in [6, 6.07) is 10.8. The summed E-state index contributed by atoms with van der Waals surface area (Å²) < 4.78 is 46.7. The van der Waals surface area contributed by atoms with Gasteiger partial charge in [-0.05, 0) is 37.6 Å². The molecule has 1 unspecified atom stereocenters. The zero-order valence-corrected chi connectivity index (χ0v) is 15.3. The molecule has 1 amide bonds. The molecule has 1 aromatic heterocycles. The maximum Gasteiger partial charge on any atom is 0.436 e. The van der Waals surface area contributed by atoms with Crippen LogP contribution in [0.5, 0.6) is 0 Å². The monoisotopic (exact) mass is 395 g/mol. The van der Waals surface area contributed by atoms with Gasteiger partial charge >= 0.3 is 12.1 Å². The van der Waals surface area contributed by atoms with Crippen LogP contribution in [0.4, 0.5) is 13.2 Å². The number of nitrogens with zero attached hydrogens (tertiary/aromatic N) is 1. The number of aromatic nitrogens is 1. The Bertz CT molecular complexity index is 828. The van der Waals surface area contributed by atoms with E-state index in [1.807, 2.05) is 0 Å². The minimum absolute atomic E-state index is 0.0139. The standard InChI is InChI=1S/C19H20F3N3O3/c1-3-28-17(27)18(19(20,21)22,24-12-14-9-6-7-11-23-14)25-16(26)15-10-5-4-8-13(15)2/h4-11,24H,3,12H2,1-2H3,(H,25,26).